The van der Waals surface area contributed by atoms with Gasteiger partial charge in [-0.05, 0) is 36.4 Å². The summed E-state index contributed by atoms with van der Waals surface area (Å²) in [5.74, 6) is 2.56. The third-order valence-corrected chi connectivity index (χ3v) is 5.18. The average molecular weight is 479 g/mol. The molecule has 0 spiro atoms. The molecule has 0 fully saturated rings. The number of hydrogen-bond acceptors (Lipinski definition) is 9. The summed E-state index contributed by atoms with van der Waals surface area (Å²) in [6.07, 6.45) is 0. The maximum Gasteiger partial charge on any atom is 0.258 e. The summed E-state index contributed by atoms with van der Waals surface area (Å²) in [7, 11) is 6.15. The molecule has 0 aliphatic rings. The fraction of sp³-hybridized carbons (Fsp3) is 0.250. The Kier molecular flexibility index (Phi) is 7.15. The van der Waals surface area contributed by atoms with Crippen molar-refractivity contribution in [3.63, 3.8) is 0 Å². The van der Waals surface area contributed by atoms with E-state index in [0.29, 0.717) is 51.5 Å². The quantitative estimate of drug-likeness (QED) is 0.342. The molecule has 0 aliphatic heterocycles. The van der Waals surface area contributed by atoms with Crippen LogP contribution < -0.4 is 29.0 Å². The number of nitrogens with one attached hydrogen (secondary N) is 1. The van der Waals surface area contributed by atoms with E-state index >= 15 is 0 Å². The number of nitrogens with zero attached hydrogens (tertiary/aromatic N) is 4. The number of amides is 1. The zero-order valence-corrected chi connectivity index (χ0v) is 19.8. The van der Waals surface area contributed by atoms with Crippen LogP contribution in [0.25, 0.3) is 17.0 Å². The van der Waals surface area contributed by atoms with Crippen LogP contribution in [-0.4, -0.2) is 67.3 Å². The first-order chi connectivity index (χ1) is 17.1. The van der Waals surface area contributed by atoms with E-state index in [4.69, 9.17) is 23.7 Å². The van der Waals surface area contributed by atoms with Gasteiger partial charge in [0.15, 0.2) is 11.5 Å². The summed E-state index contributed by atoms with van der Waals surface area (Å²) in [6, 6.07) is 13.9. The molecule has 182 valence electrons. The molecule has 4 rings (SSSR count). The molecule has 11 nitrogen and oxygen atoms in total. The second kappa shape index (κ2) is 10.6. The van der Waals surface area contributed by atoms with Gasteiger partial charge in [0.25, 0.3) is 5.91 Å². The normalized spacial score (nSPS) is 10.6. The van der Waals surface area contributed by atoms with E-state index in [0.717, 1.165) is 0 Å². The summed E-state index contributed by atoms with van der Waals surface area (Å²) in [4.78, 5) is 12.7. The van der Waals surface area contributed by atoms with Crippen LogP contribution in [0.1, 0.15) is 10.4 Å². The highest BCUT2D eigenvalue weighted by atomic mass is 16.5. The molecular weight excluding hydrogens is 454 g/mol. The van der Waals surface area contributed by atoms with Crippen molar-refractivity contribution in [1.82, 2.24) is 25.1 Å². The minimum absolute atomic E-state index is 0.182. The van der Waals surface area contributed by atoms with Crippen LogP contribution in [-0.2, 0) is 0 Å². The Labute approximate surface area is 201 Å². The highest BCUT2D eigenvalue weighted by Crippen LogP contribution is 2.32. The number of carbonyl (C=O) groups is 1. The van der Waals surface area contributed by atoms with Crippen molar-refractivity contribution >= 4 is 11.6 Å². The molecule has 11 heteroatoms. The van der Waals surface area contributed by atoms with Crippen LogP contribution in [0, 0.1) is 0 Å². The summed E-state index contributed by atoms with van der Waals surface area (Å²) in [6.45, 7) is 0.417. The number of rotatable bonds is 10. The average Bonchev–Trinajstić information content (AvgIpc) is 3.33. The van der Waals surface area contributed by atoms with Crippen molar-refractivity contribution < 1.29 is 28.5 Å². The highest BCUT2D eigenvalue weighted by molar-refractivity contribution is 5.99. The SMILES string of the molecule is COc1ccc(OC)c(-c2nnc3ccc(OCCNC(=O)c4c(OC)cccc4OC)nn23)c1. The number of ether oxygens (including phenoxy) is 5. The lowest BCUT2D eigenvalue weighted by Crippen LogP contribution is -2.29. The van der Waals surface area contributed by atoms with Gasteiger partial charge in [-0.15, -0.1) is 15.3 Å². The van der Waals surface area contributed by atoms with Crippen molar-refractivity contribution in [1.29, 1.82) is 0 Å². The van der Waals surface area contributed by atoms with Gasteiger partial charge in [-0.25, -0.2) is 0 Å². The van der Waals surface area contributed by atoms with Gasteiger partial charge in [0.1, 0.15) is 35.2 Å². The summed E-state index contributed by atoms with van der Waals surface area (Å²) >= 11 is 0. The first kappa shape index (κ1) is 23.6. The Morgan fingerprint density at radius 1 is 0.886 bits per heavy atom. The van der Waals surface area contributed by atoms with Crippen LogP contribution in [0.3, 0.4) is 0 Å². The van der Waals surface area contributed by atoms with Gasteiger partial charge in [0.2, 0.25) is 5.88 Å². The lowest BCUT2D eigenvalue weighted by Gasteiger charge is -2.13. The van der Waals surface area contributed by atoms with E-state index in [9.17, 15) is 4.79 Å². The Morgan fingerprint density at radius 2 is 1.63 bits per heavy atom. The topological polar surface area (TPSA) is 118 Å². The lowest BCUT2D eigenvalue weighted by molar-refractivity contribution is 0.0940. The van der Waals surface area contributed by atoms with Gasteiger partial charge < -0.3 is 29.0 Å². The fourth-order valence-electron chi connectivity index (χ4n) is 3.49. The summed E-state index contributed by atoms with van der Waals surface area (Å²) < 4.78 is 28.7. The maximum atomic E-state index is 12.7. The van der Waals surface area contributed by atoms with Crippen molar-refractivity contribution in [2.24, 2.45) is 0 Å². The van der Waals surface area contributed by atoms with Gasteiger partial charge in [0, 0.05) is 6.07 Å². The van der Waals surface area contributed by atoms with Gasteiger partial charge in [-0.3, -0.25) is 4.79 Å². The molecule has 0 unspecified atom stereocenters. The molecule has 4 aromatic rings. The largest absolute Gasteiger partial charge is 0.497 e. The standard InChI is InChI=1S/C24H25N5O6/c1-31-15-8-9-17(32-2)16(14-15)23-27-26-20-10-11-21(28-29(20)23)35-13-12-25-24(30)22-18(33-3)6-5-7-19(22)34-4/h5-11,14H,12-13H2,1-4H3,(H,25,30). The van der Waals surface area contributed by atoms with E-state index in [1.807, 2.05) is 0 Å². The molecule has 1 N–H and O–H groups in total. The monoisotopic (exact) mass is 479 g/mol. The number of methoxy groups -OCH3 is 4. The van der Waals surface area contributed by atoms with E-state index in [1.54, 1.807) is 67.3 Å². The van der Waals surface area contributed by atoms with Crippen LogP contribution in [0.5, 0.6) is 28.9 Å². The zero-order valence-electron chi connectivity index (χ0n) is 19.8. The molecule has 0 radical (unpaired) electrons. The zero-order chi connectivity index (χ0) is 24.8. The number of benzene rings is 2. The first-order valence-electron chi connectivity index (χ1n) is 10.7. The first-order valence-corrected chi connectivity index (χ1v) is 10.7. The highest BCUT2D eigenvalue weighted by Gasteiger charge is 2.18. The summed E-state index contributed by atoms with van der Waals surface area (Å²) in [5.41, 5.74) is 1.52. The molecule has 0 atom stereocenters. The fourth-order valence-corrected chi connectivity index (χ4v) is 3.49. The minimum atomic E-state index is -0.336. The Bertz CT molecular complexity index is 1320. The molecule has 35 heavy (non-hydrogen) atoms. The molecule has 0 aliphatic carbocycles. The van der Waals surface area contributed by atoms with Crippen LogP contribution in [0.15, 0.2) is 48.5 Å². The van der Waals surface area contributed by atoms with Crippen LogP contribution in [0.4, 0.5) is 0 Å². The number of hydrogen-bond donors (Lipinski definition) is 1. The van der Waals surface area contributed by atoms with E-state index < -0.39 is 0 Å². The van der Waals surface area contributed by atoms with E-state index in [2.05, 4.69) is 20.6 Å². The Morgan fingerprint density at radius 3 is 2.31 bits per heavy atom. The maximum absolute atomic E-state index is 12.7. The predicted octanol–water partition coefficient (Wildman–Crippen LogP) is 2.63. The van der Waals surface area contributed by atoms with E-state index in [-0.39, 0.29) is 19.1 Å². The second-order valence-corrected chi connectivity index (χ2v) is 7.17. The number of fused-ring (bicyclic) bond motifs is 1. The van der Waals surface area contributed by atoms with Gasteiger partial charge in [-0.1, -0.05) is 6.07 Å². The molecule has 1 amide bonds. The van der Waals surface area contributed by atoms with Gasteiger partial charge in [0.05, 0.1) is 40.5 Å². The van der Waals surface area contributed by atoms with Crippen molar-refractivity contribution in [3.8, 4) is 40.3 Å². The van der Waals surface area contributed by atoms with E-state index in [1.165, 1.54) is 14.2 Å². The van der Waals surface area contributed by atoms with Crippen molar-refractivity contribution in [2.75, 3.05) is 41.6 Å². The molecule has 2 aromatic carbocycles. The predicted molar refractivity (Wildman–Crippen MR) is 127 cm³/mol. The Balaban J connectivity index is 1.47. The molecule has 0 bridgehead atoms. The molecule has 0 saturated heterocycles. The smallest absolute Gasteiger partial charge is 0.258 e. The van der Waals surface area contributed by atoms with Gasteiger partial charge in [-0.2, -0.15) is 4.52 Å². The molecule has 0 saturated carbocycles. The van der Waals surface area contributed by atoms with Crippen LogP contribution >= 0.6 is 0 Å². The third kappa shape index (κ3) is 4.88. The second-order valence-electron chi connectivity index (χ2n) is 7.17. The number of carbonyl (C=O) groups excluding carboxylic acids is 1. The molecule has 2 aromatic heterocycles. The lowest BCUT2D eigenvalue weighted by atomic mass is 10.1. The third-order valence-electron chi connectivity index (χ3n) is 5.18. The van der Waals surface area contributed by atoms with Crippen molar-refractivity contribution in [3.05, 3.63) is 54.1 Å². The minimum Gasteiger partial charge on any atom is -0.497 e. The molecule has 2 heterocycles. The summed E-state index contributed by atoms with van der Waals surface area (Å²) in [5, 5.41) is 15.7. The van der Waals surface area contributed by atoms with Crippen LogP contribution in [0.2, 0.25) is 0 Å². The Hall–Kier alpha value is -4.54. The van der Waals surface area contributed by atoms with Crippen molar-refractivity contribution in [2.45, 2.75) is 0 Å². The van der Waals surface area contributed by atoms with Gasteiger partial charge >= 0.3 is 0 Å². The molecular formula is C24H25N5O6. The number of aromatic nitrogens is 4.